The second-order valence-electron chi connectivity index (χ2n) is 6.86. The molecule has 24 heavy (non-hydrogen) atoms. The van der Waals surface area contributed by atoms with Crippen LogP contribution in [-0.4, -0.2) is 25.5 Å². The molecule has 0 spiro atoms. The second-order valence-corrected chi connectivity index (χ2v) is 7.75. The van der Waals surface area contributed by atoms with Gasteiger partial charge in [0.1, 0.15) is 10.6 Å². The van der Waals surface area contributed by atoms with Gasteiger partial charge in [0.05, 0.1) is 17.4 Å². The minimum atomic E-state index is -0.179. The van der Waals surface area contributed by atoms with E-state index < -0.39 is 0 Å². The van der Waals surface area contributed by atoms with Crippen molar-refractivity contribution in [3.05, 3.63) is 45.8 Å². The molecule has 0 saturated carbocycles. The molecule has 0 aliphatic rings. The van der Waals surface area contributed by atoms with E-state index in [4.69, 9.17) is 0 Å². The largest absolute Gasteiger partial charge is 0.343 e. The molecule has 7 heteroatoms. The maximum atomic E-state index is 12.7. The number of carbonyl (C=O) groups excluding carboxylic acids is 1. The Balaban J connectivity index is 1.83. The van der Waals surface area contributed by atoms with Gasteiger partial charge in [0.15, 0.2) is 5.65 Å². The highest BCUT2D eigenvalue weighted by molar-refractivity contribution is 7.09. The lowest BCUT2D eigenvalue weighted by atomic mass is 9.93. The molecule has 0 aliphatic carbocycles. The zero-order valence-corrected chi connectivity index (χ0v) is 15.3. The van der Waals surface area contributed by atoms with Crippen LogP contribution in [0.5, 0.6) is 0 Å². The summed E-state index contributed by atoms with van der Waals surface area (Å²) in [4.78, 5) is 21.6. The Bertz CT molecular complexity index is 890. The number of carbonyl (C=O) groups is 1. The lowest BCUT2D eigenvalue weighted by molar-refractivity contribution is 0.0940. The summed E-state index contributed by atoms with van der Waals surface area (Å²) in [5.41, 5.74) is 2.77. The van der Waals surface area contributed by atoms with Gasteiger partial charge in [-0.3, -0.25) is 4.79 Å². The molecule has 0 aromatic carbocycles. The molecule has 3 heterocycles. The number of aryl methyl sites for hydroxylation is 1. The van der Waals surface area contributed by atoms with Gasteiger partial charge in [-0.1, -0.05) is 20.8 Å². The molecule has 0 unspecified atom stereocenters. The zero-order valence-electron chi connectivity index (χ0n) is 14.5. The Hall–Kier alpha value is -2.28. The molecule has 0 aliphatic heterocycles. The number of hydrogen-bond donors (Lipinski definition) is 1. The molecular formula is C17H21N5OS. The molecule has 3 aromatic heterocycles. The van der Waals surface area contributed by atoms with Crippen LogP contribution < -0.4 is 5.32 Å². The molecular weight excluding hydrogens is 322 g/mol. The van der Waals surface area contributed by atoms with E-state index in [2.05, 4.69) is 46.5 Å². The highest BCUT2D eigenvalue weighted by atomic mass is 32.1. The van der Waals surface area contributed by atoms with E-state index in [1.165, 1.54) is 0 Å². The predicted molar refractivity (Wildman–Crippen MR) is 94.4 cm³/mol. The normalized spacial score (nSPS) is 13.2. The van der Waals surface area contributed by atoms with E-state index in [0.717, 1.165) is 10.7 Å². The first-order valence-corrected chi connectivity index (χ1v) is 8.72. The van der Waals surface area contributed by atoms with Crippen LogP contribution in [0.2, 0.25) is 0 Å². The van der Waals surface area contributed by atoms with Crippen molar-refractivity contribution in [3.63, 3.8) is 0 Å². The molecule has 0 saturated heterocycles. The molecule has 1 N–H and O–H groups in total. The van der Waals surface area contributed by atoms with Crippen LogP contribution >= 0.6 is 11.3 Å². The number of nitrogens with zero attached hydrogens (tertiary/aromatic N) is 4. The summed E-state index contributed by atoms with van der Waals surface area (Å²) in [6.45, 7) is 10.1. The van der Waals surface area contributed by atoms with Crippen molar-refractivity contribution in [2.24, 2.45) is 0 Å². The van der Waals surface area contributed by atoms with Gasteiger partial charge in [0.25, 0.3) is 5.91 Å². The summed E-state index contributed by atoms with van der Waals surface area (Å²) in [7, 11) is 0. The number of thiazole rings is 1. The van der Waals surface area contributed by atoms with Gasteiger partial charge in [-0.2, -0.15) is 5.10 Å². The quantitative estimate of drug-likeness (QED) is 0.792. The van der Waals surface area contributed by atoms with Crippen LogP contribution in [-0.2, 0) is 5.41 Å². The Morgan fingerprint density at radius 1 is 1.38 bits per heavy atom. The van der Waals surface area contributed by atoms with E-state index >= 15 is 0 Å². The van der Waals surface area contributed by atoms with Gasteiger partial charge < -0.3 is 5.32 Å². The third kappa shape index (κ3) is 3.03. The standard InChI is InChI=1S/C17H21N5OS/c1-10-13(14-18-7-6-8-22(14)21-10)15(23)19-11(2)16-20-12(9-24-16)17(3,4)5/h6-9,11H,1-5H3,(H,19,23)/t11-/m0/s1. The first kappa shape index (κ1) is 16.6. The molecule has 0 bridgehead atoms. The Kier molecular flexibility index (Phi) is 4.13. The second kappa shape index (κ2) is 5.98. The fraction of sp³-hybridized carbons (Fsp3) is 0.412. The smallest absolute Gasteiger partial charge is 0.257 e. The van der Waals surface area contributed by atoms with Gasteiger partial charge in [-0.05, 0) is 19.9 Å². The molecule has 1 atom stereocenters. The van der Waals surface area contributed by atoms with E-state index in [0.29, 0.717) is 16.9 Å². The number of rotatable bonds is 3. The fourth-order valence-electron chi connectivity index (χ4n) is 2.42. The van der Waals surface area contributed by atoms with Crippen LogP contribution in [0, 0.1) is 6.92 Å². The summed E-state index contributed by atoms with van der Waals surface area (Å²) >= 11 is 1.57. The first-order chi connectivity index (χ1) is 11.3. The minimum absolute atomic E-state index is 0.00142. The SMILES string of the molecule is Cc1nn2cccnc2c1C(=O)N[C@@H](C)c1nc(C(C)(C)C)cs1. The zero-order chi connectivity index (χ0) is 17.5. The van der Waals surface area contributed by atoms with Crippen molar-refractivity contribution >= 4 is 22.9 Å². The highest BCUT2D eigenvalue weighted by Crippen LogP contribution is 2.27. The molecule has 1 amide bonds. The number of nitrogens with one attached hydrogen (secondary N) is 1. The van der Waals surface area contributed by atoms with Gasteiger partial charge in [0.2, 0.25) is 0 Å². The Morgan fingerprint density at radius 2 is 2.12 bits per heavy atom. The molecule has 6 nitrogen and oxygen atoms in total. The average molecular weight is 343 g/mol. The predicted octanol–water partition coefficient (Wildman–Crippen LogP) is 3.28. The molecule has 126 valence electrons. The molecule has 3 rings (SSSR count). The highest BCUT2D eigenvalue weighted by Gasteiger charge is 2.23. The van der Waals surface area contributed by atoms with Crippen LogP contribution in [0.15, 0.2) is 23.8 Å². The number of aromatic nitrogens is 4. The van der Waals surface area contributed by atoms with Crippen LogP contribution in [0.3, 0.4) is 0 Å². The van der Waals surface area contributed by atoms with Gasteiger partial charge in [-0.25, -0.2) is 14.5 Å². The summed E-state index contributed by atoms with van der Waals surface area (Å²) < 4.78 is 1.62. The first-order valence-electron chi connectivity index (χ1n) is 7.84. The van der Waals surface area contributed by atoms with Crippen molar-refractivity contribution in [2.75, 3.05) is 0 Å². The van der Waals surface area contributed by atoms with Crippen molar-refractivity contribution in [1.82, 2.24) is 24.9 Å². The van der Waals surface area contributed by atoms with Gasteiger partial charge in [-0.15, -0.1) is 11.3 Å². The number of hydrogen-bond acceptors (Lipinski definition) is 5. The van der Waals surface area contributed by atoms with Crippen molar-refractivity contribution in [1.29, 1.82) is 0 Å². The summed E-state index contributed by atoms with van der Waals surface area (Å²) in [6, 6.07) is 1.62. The van der Waals surface area contributed by atoms with Crippen LogP contribution in [0.1, 0.15) is 60.5 Å². The van der Waals surface area contributed by atoms with E-state index in [1.807, 2.05) is 13.8 Å². The average Bonchev–Trinajstić information content (AvgIpc) is 3.10. The van der Waals surface area contributed by atoms with Crippen LogP contribution in [0.4, 0.5) is 0 Å². The van der Waals surface area contributed by atoms with Crippen molar-refractivity contribution in [2.45, 2.75) is 46.1 Å². The van der Waals surface area contributed by atoms with Gasteiger partial charge in [0, 0.05) is 23.2 Å². The van der Waals surface area contributed by atoms with Crippen LogP contribution in [0.25, 0.3) is 5.65 Å². The van der Waals surface area contributed by atoms with E-state index in [9.17, 15) is 4.79 Å². The maximum Gasteiger partial charge on any atom is 0.257 e. The van der Waals surface area contributed by atoms with Crippen molar-refractivity contribution in [3.8, 4) is 0 Å². The molecule has 0 radical (unpaired) electrons. The summed E-state index contributed by atoms with van der Waals surface area (Å²) in [5, 5.41) is 10.3. The van der Waals surface area contributed by atoms with E-state index in [1.54, 1.807) is 34.3 Å². The summed E-state index contributed by atoms with van der Waals surface area (Å²) in [6.07, 6.45) is 3.44. The molecule has 3 aromatic rings. The summed E-state index contributed by atoms with van der Waals surface area (Å²) in [5.74, 6) is -0.179. The third-order valence-electron chi connectivity index (χ3n) is 3.81. The Morgan fingerprint density at radius 3 is 2.79 bits per heavy atom. The lowest BCUT2D eigenvalue weighted by Gasteiger charge is -2.15. The number of amides is 1. The minimum Gasteiger partial charge on any atom is -0.343 e. The number of fused-ring (bicyclic) bond motifs is 1. The van der Waals surface area contributed by atoms with Crippen molar-refractivity contribution < 1.29 is 4.79 Å². The lowest BCUT2D eigenvalue weighted by Crippen LogP contribution is -2.27. The van der Waals surface area contributed by atoms with E-state index in [-0.39, 0.29) is 17.4 Å². The monoisotopic (exact) mass is 343 g/mol. The third-order valence-corrected chi connectivity index (χ3v) is 4.83. The Labute approximate surface area is 145 Å². The topological polar surface area (TPSA) is 72.2 Å². The molecule has 0 fully saturated rings. The maximum absolute atomic E-state index is 12.7. The van der Waals surface area contributed by atoms with Gasteiger partial charge >= 0.3 is 0 Å². The fourth-order valence-corrected chi connectivity index (χ4v) is 3.48.